The molecule has 0 aliphatic heterocycles. The molecule has 0 saturated heterocycles. The van der Waals surface area contributed by atoms with Crippen LogP contribution in [0.25, 0.3) is 0 Å². The van der Waals surface area contributed by atoms with Gasteiger partial charge in [-0.1, -0.05) is 41.6 Å². The van der Waals surface area contributed by atoms with Crippen molar-refractivity contribution < 1.29 is 4.79 Å². The third kappa shape index (κ3) is 3.57. The van der Waals surface area contributed by atoms with Crippen molar-refractivity contribution in [2.45, 2.75) is 44.6 Å². The lowest BCUT2D eigenvalue weighted by molar-refractivity contribution is -0.119. The van der Waals surface area contributed by atoms with Crippen LogP contribution >= 0.6 is 15.9 Å². The minimum Gasteiger partial charge on any atom is -0.353 e. The summed E-state index contributed by atoms with van der Waals surface area (Å²) in [6, 6.07) is 0.442. The van der Waals surface area contributed by atoms with E-state index in [0.29, 0.717) is 11.4 Å². The average Bonchev–Trinajstić information content (AvgIpc) is 2.33. The molecule has 70 valence electrons. The number of alkyl halides is 1. The largest absolute Gasteiger partial charge is 0.353 e. The fourth-order valence-corrected chi connectivity index (χ4v) is 1.85. The van der Waals surface area contributed by atoms with Gasteiger partial charge in [-0.2, -0.15) is 0 Å². The first-order chi connectivity index (χ1) is 5.83. The first kappa shape index (κ1) is 10.0. The lowest BCUT2D eigenvalue weighted by Crippen LogP contribution is -2.34. The molecular formula is C9H16BrNO. The van der Waals surface area contributed by atoms with Crippen LogP contribution in [0.3, 0.4) is 0 Å². The molecule has 3 heteroatoms. The molecule has 0 atom stereocenters. The molecule has 0 aromatic carbocycles. The second-order valence-corrected chi connectivity index (χ2v) is 3.95. The van der Waals surface area contributed by atoms with E-state index in [1.807, 2.05) is 0 Å². The second-order valence-electron chi connectivity index (χ2n) is 3.39. The summed E-state index contributed by atoms with van der Waals surface area (Å²) in [6.45, 7) is 0. The summed E-state index contributed by atoms with van der Waals surface area (Å²) in [5.41, 5.74) is 0. The lowest BCUT2D eigenvalue weighted by Gasteiger charge is -2.14. The van der Waals surface area contributed by atoms with Crippen LogP contribution in [0.1, 0.15) is 38.5 Å². The van der Waals surface area contributed by atoms with Crippen LogP contribution < -0.4 is 5.32 Å². The number of halogens is 1. The van der Waals surface area contributed by atoms with E-state index < -0.39 is 0 Å². The molecule has 0 aromatic heterocycles. The highest BCUT2D eigenvalue weighted by molar-refractivity contribution is 9.09. The Balaban J connectivity index is 2.24. The summed E-state index contributed by atoms with van der Waals surface area (Å²) in [5, 5.41) is 3.46. The first-order valence-electron chi connectivity index (χ1n) is 4.68. The molecule has 1 N–H and O–H groups in total. The minimum absolute atomic E-state index is 0.127. The Morgan fingerprint density at radius 2 is 1.83 bits per heavy atom. The molecule has 1 aliphatic rings. The van der Waals surface area contributed by atoms with Crippen LogP contribution in [0.15, 0.2) is 0 Å². The van der Waals surface area contributed by atoms with E-state index >= 15 is 0 Å². The van der Waals surface area contributed by atoms with E-state index in [9.17, 15) is 4.79 Å². The quantitative estimate of drug-likeness (QED) is 0.576. The van der Waals surface area contributed by atoms with E-state index in [1.54, 1.807) is 0 Å². The van der Waals surface area contributed by atoms with E-state index in [1.165, 1.54) is 38.5 Å². The summed E-state index contributed by atoms with van der Waals surface area (Å²) in [5.74, 6) is 0.127. The van der Waals surface area contributed by atoms with Gasteiger partial charge < -0.3 is 5.32 Å². The van der Waals surface area contributed by atoms with Crippen LogP contribution in [-0.2, 0) is 4.79 Å². The van der Waals surface area contributed by atoms with Crippen molar-refractivity contribution in [2.24, 2.45) is 0 Å². The Bertz CT molecular complexity index is 141. The van der Waals surface area contributed by atoms with Crippen molar-refractivity contribution in [2.75, 3.05) is 5.33 Å². The first-order valence-corrected chi connectivity index (χ1v) is 5.80. The van der Waals surface area contributed by atoms with Crippen molar-refractivity contribution in [1.82, 2.24) is 5.32 Å². The number of hydrogen-bond donors (Lipinski definition) is 1. The molecule has 1 saturated carbocycles. The topological polar surface area (TPSA) is 29.1 Å². The second kappa shape index (κ2) is 5.57. The zero-order valence-electron chi connectivity index (χ0n) is 7.31. The molecule has 1 fully saturated rings. The molecule has 0 spiro atoms. The van der Waals surface area contributed by atoms with Gasteiger partial charge in [0.2, 0.25) is 5.91 Å². The summed E-state index contributed by atoms with van der Waals surface area (Å²) >= 11 is 3.15. The standard InChI is InChI=1S/C9H16BrNO/c10-7-9(12)11-8-5-3-1-2-4-6-8/h8H,1-7H2,(H,11,12). The van der Waals surface area contributed by atoms with E-state index in [4.69, 9.17) is 0 Å². The fraction of sp³-hybridized carbons (Fsp3) is 0.889. The third-order valence-electron chi connectivity index (χ3n) is 2.34. The maximum atomic E-state index is 11.0. The van der Waals surface area contributed by atoms with Crippen molar-refractivity contribution in [3.05, 3.63) is 0 Å². The molecule has 0 aromatic rings. The Kier molecular flexibility index (Phi) is 4.66. The van der Waals surface area contributed by atoms with Crippen LogP contribution in [-0.4, -0.2) is 17.3 Å². The van der Waals surface area contributed by atoms with E-state index in [2.05, 4.69) is 21.2 Å². The number of rotatable bonds is 2. The number of hydrogen-bond acceptors (Lipinski definition) is 1. The smallest absolute Gasteiger partial charge is 0.230 e. The molecular weight excluding hydrogens is 218 g/mol. The minimum atomic E-state index is 0.127. The molecule has 1 amide bonds. The zero-order valence-corrected chi connectivity index (χ0v) is 8.90. The van der Waals surface area contributed by atoms with Gasteiger partial charge in [-0.15, -0.1) is 0 Å². The van der Waals surface area contributed by atoms with Crippen molar-refractivity contribution >= 4 is 21.8 Å². The molecule has 12 heavy (non-hydrogen) atoms. The predicted molar refractivity (Wildman–Crippen MR) is 53.4 cm³/mol. The van der Waals surface area contributed by atoms with Crippen molar-refractivity contribution in [3.8, 4) is 0 Å². The normalized spacial score (nSPS) is 20.1. The zero-order chi connectivity index (χ0) is 8.81. The van der Waals surface area contributed by atoms with Crippen LogP contribution in [0.4, 0.5) is 0 Å². The van der Waals surface area contributed by atoms with Crippen molar-refractivity contribution in [1.29, 1.82) is 0 Å². The molecule has 0 unspecified atom stereocenters. The van der Waals surface area contributed by atoms with Gasteiger partial charge in [0, 0.05) is 6.04 Å². The molecule has 0 bridgehead atoms. The Labute approximate surface area is 82.2 Å². The number of carbonyl (C=O) groups excluding carboxylic acids is 1. The number of amides is 1. The van der Waals surface area contributed by atoms with Gasteiger partial charge in [-0.05, 0) is 12.8 Å². The Hall–Kier alpha value is -0.0500. The molecule has 0 radical (unpaired) electrons. The third-order valence-corrected chi connectivity index (χ3v) is 2.85. The maximum Gasteiger partial charge on any atom is 0.230 e. The molecule has 0 heterocycles. The van der Waals surface area contributed by atoms with Gasteiger partial charge in [-0.25, -0.2) is 0 Å². The lowest BCUT2D eigenvalue weighted by atomic mass is 10.1. The summed E-state index contributed by atoms with van der Waals surface area (Å²) in [6.07, 6.45) is 7.54. The average molecular weight is 234 g/mol. The highest BCUT2D eigenvalue weighted by atomic mass is 79.9. The fourth-order valence-electron chi connectivity index (χ4n) is 1.69. The maximum absolute atomic E-state index is 11.0. The molecule has 1 aliphatic carbocycles. The van der Waals surface area contributed by atoms with Gasteiger partial charge in [0.05, 0.1) is 5.33 Å². The van der Waals surface area contributed by atoms with Gasteiger partial charge in [0.25, 0.3) is 0 Å². The van der Waals surface area contributed by atoms with Crippen LogP contribution in [0.5, 0.6) is 0 Å². The van der Waals surface area contributed by atoms with Gasteiger partial charge in [0.15, 0.2) is 0 Å². The van der Waals surface area contributed by atoms with Gasteiger partial charge >= 0.3 is 0 Å². The number of nitrogens with one attached hydrogen (secondary N) is 1. The van der Waals surface area contributed by atoms with Crippen molar-refractivity contribution in [3.63, 3.8) is 0 Å². The number of carbonyl (C=O) groups is 1. The highest BCUT2D eigenvalue weighted by Gasteiger charge is 2.13. The van der Waals surface area contributed by atoms with Crippen LogP contribution in [0, 0.1) is 0 Å². The van der Waals surface area contributed by atoms with Crippen LogP contribution in [0.2, 0.25) is 0 Å². The SMILES string of the molecule is O=C(CBr)NC1CCCCCC1. The van der Waals surface area contributed by atoms with Gasteiger partial charge in [-0.3, -0.25) is 4.79 Å². The predicted octanol–water partition coefficient (Wildman–Crippen LogP) is 2.22. The molecule has 2 nitrogen and oxygen atoms in total. The van der Waals surface area contributed by atoms with Gasteiger partial charge in [0.1, 0.15) is 0 Å². The summed E-state index contributed by atoms with van der Waals surface area (Å²) in [4.78, 5) is 11.0. The van der Waals surface area contributed by atoms with E-state index in [-0.39, 0.29) is 5.91 Å². The highest BCUT2D eigenvalue weighted by Crippen LogP contribution is 2.16. The molecule has 1 rings (SSSR count). The summed E-state index contributed by atoms with van der Waals surface area (Å²) in [7, 11) is 0. The Morgan fingerprint density at radius 3 is 2.33 bits per heavy atom. The Morgan fingerprint density at radius 1 is 1.25 bits per heavy atom. The monoisotopic (exact) mass is 233 g/mol. The van der Waals surface area contributed by atoms with E-state index in [0.717, 1.165) is 0 Å². The summed E-state index contributed by atoms with van der Waals surface area (Å²) < 4.78 is 0.